The monoisotopic (exact) mass is 501 g/mol. The molecule has 1 spiro atoms. The average Bonchev–Trinajstić information content (AvgIpc) is 3.43. The lowest BCUT2D eigenvalue weighted by Gasteiger charge is -2.25. The van der Waals surface area contributed by atoms with E-state index in [2.05, 4.69) is 37.3 Å². The molecule has 31 heavy (non-hydrogen) atoms. The van der Waals surface area contributed by atoms with E-state index in [4.69, 9.17) is 4.74 Å². The second kappa shape index (κ2) is 7.45. The number of methoxy groups -OCH3 is 1. The lowest BCUT2D eigenvalue weighted by molar-refractivity contribution is -0.127. The smallest absolute Gasteiger partial charge is 0.328 e. The number of rotatable bonds is 2. The highest BCUT2D eigenvalue weighted by molar-refractivity contribution is 9.10. The van der Waals surface area contributed by atoms with E-state index in [1.807, 2.05) is 23.1 Å². The zero-order chi connectivity index (χ0) is 21.8. The Hall–Kier alpha value is -2.72. The van der Waals surface area contributed by atoms with Gasteiger partial charge in [0.15, 0.2) is 5.13 Å². The molecule has 0 saturated carbocycles. The van der Waals surface area contributed by atoms with Crippen molar-refractivity contribution in [1.29, 1.82) is 0 Å². The number of thiazole rings is 1. The predicted molar refractivity (Wildman–Crippen MR) is 123 cm³/mol. The number of nitrogens with one attached hydrogen (secondary N) is 1. The number of likely N-dealkylation sites (tertiary alicyclic amines) is 1. The zero-order valence-corrected chi connectivity index (χ0v) is 19.4. The van der Waals surface area contributed by atoms with Crippen molar-refractivity contribution in [1.82, 2.24) is 14.9 Å². The summed E-state index contributed by atoms with van der Waals surface area (Å²) in [6.45, 7) is 3.42. The topological polar surface area (TPSA) is 87.7 Å². The SMILES string of the molecule is COc1ccc2nc(NC(=O)N3CC4(CCN(C(C)=O)C4)c4cc(Br)ccc43)sc2n1. The molecule has 1 saturated heterocycles. The molecule has 1 unspecified atom stereocenters. The number of hydrogen-bond acceptors (Lipinski definition) is 6. The molecule has 1 aromatic carbocycles. The van der Waals surface area contributed by atoms with Crippen LogP contribution in [0.25, 0.3) is 10.3 Å². The summed E-state index contributed by atoms with van der Waals surface area (Å²) in [5.41, 5.74) is 2.41. The predicted octanol–water partition coefficient (Wildman–Crippen LogP) is 4.00. The van der Waals surface area contributed by atoms with Crippen molar-refractivity contribution in [2.75, 3.05) is 37.0 Å². The van der Waals surface area contributed by atoms with Gasteiger partial charge in [0.25, 0.3) is 0 Å². The van der Waals surface area contributed by atoms with Crippen LogP contribution in [-0.4, -0.2) is 53.6 Å². The van der Waals surface area contributed by atoms with Crippen LogP contribution in [-0.2, 0) is 10.2 Å². The summed E-state index contributed by atoms with van der Waals surface area (Å²) in [4.78, 5) is 38.4. The minimum Gasteiger partial charge on any atom is -0.481 e. The van der Waals surface area contributed by atoms with Gasteiger partial charge in [-0.05, 0) is 36.2 Å². The van der Waals surface area contributed by atoms with Gasteiger partial charge in [-0.3, -0.25) is 15.0 Å². The highest BCUT2D eigenvalue weighted by Gasteiger charge is 2.49. The van der Waals surface area contributed by atoms with Gasteiger partial charge >= 0.3 is 6.03 Å². The maximum absolute atomic E-state index is 13.3. The number of halogens is 1. The number of amides is 3. The number of urea groups is 1. The Morgan fingerprint density at radius 3 is 2.81 bits per heavy atom. The normalized spacial score (nSPS) is 19.8. The van der Waals surface area contributed by atoms with Gasteiger partial charge < -0.3 is 9.64 Å². The van der Waals surface area contributed by atoms with E-state index >= 15 is 0 Å². The summed E-state index contributed by atoms with van der Waals surface area (Å²) in [6, 6.07) is 9.28. The molecule has 0 aliphatic carbocycles. The fourth-order valence-electron chi connectivity index (χ4n) is 4.44. The summed E-state index contributed by atoms with van der Waals surface area (Å²) < 4.78 is 6.12. The first-order valence-electron chi connectivity index (χ1n) is 9.84. The molecule has 2 aromatic heterocycles. The number of fused-ring (bicyclic) bond motifs is 3. The number of aromatic nitrogens is 2. The summed E-state index contributed by atoms with van der Waals surface area (Å²) >= 11 is 4.86. The molecular formula is C21H20BrN5O3S. The Balaban J connectivity index is 1.44. The van der Waals surface area contributed by atoms with Crippen LogP contribution in [0.2, 0.25) is 0 Å². The Bertz CT molecular complexity index is 1210. The lowest BCUT2D eigenvalue weighted by Crippen LogP contribution is -2.41. The van der Waals surface area contributed by atoms with E-state index in [-0.39, 0.29) is 17.4 Å². The van der Waals surface area contributed by atoms with Gasteiger partial charge in [0.05, 0.1) is 7.11 Å². The van der Waals surface area contributed by atoms with Crippen LogP contribution in [0, 0.1) is 0 Å². The zero-order valence-electron chi connectivity index (χ0n) is 17.0. The number of hydrogen-bond donors (Lipinski definition) is 1. The number of carbonyl (C=O) groups excluding carboxylic acids is 2. The highest BCUT2D eigenvalue weighted by Crippen LogP contribution is 2.47. The molecule has 1 atom stereocenters. The number of ether oxygens (including phenoxy) is 1. The molecule has 0 bridgehead atoms. The van der Waals surface area contributed by atoms with E-state index in [1.54, 1.807) is 25.0 Å². The van der Waals surface area contributed by atoms with Crippen molar-refractivity contribution >= 4 is 60.4 Å². The summed E-state index contributed by atoms with van der Waals surface area (Å²) in [7, 11) is 1.56. The van der Waals surface area contributed by atoms with Gasteiger partial charge in [-0.25, -0.2) is 14.8 Å². The second-order valence-corrected chi connectivity index (χ2v) is 9.74. The van der Waals surface area contributed by atoms with Gasteiger partial charge in [-0.2, -0.15) is 0 Å². The molecule has 160 valence electrons. The molecule has 3 amide bonds. The molecule has 2 aliphatic heterocycles. The van der Waals surface area contributed by atoms with Crippen LogP contribution in [0.4, 0.5) is 15.6 Å². The third-order valence-electron chi connectivity index (χ3n) is 5.98. The van der Waals surface area contributed by atoms with E-state index in [0.717, 1.165) is 22.1 Å². The Kier molecular flexibility index (Phi) is 4.86. The number of anilines is 2. The molecule has 2 aliphatic rings. The van der Waals surface area contributed by atoms with Crippen LogP contribution in [0.15, 0.2) is 34.8 Å². The number of nitrogens with zero attached hydrogens (tertiary/aromatic N) is 4. The van der Waals surface area contributed by atoms with Crippen molar-refractivity contribution < 1.29 is 14.3 Å². The third kappa shape index (κ3) is 3.43. The Morgan fingerprint density at radius 2 is 2.06 bits per heavy atom. The molecule has 10 heteroatoms. The Labute approximate surface area is 191 Å². The summed E-state index contributed by atoms with van der Waals surface area (Å²) in [6.07, 6.45) is 0.824. The number of carbonyl (C=O) groups is 2. The third-order valence-corrected chi connectivity index (χ3v) is 7.35. The van der Waals surface area contributed by atoms with Gasteiger partial charge in [-0.15, -0.1) is 0 Å². The number of pyridine rings is 1. The van der Waals surface area contributed by atoms with Crippen molar-refractivity contribution in [2.45, 2.75) is 18.8 Å². The molecular weight excluding hydrogens is 482 g/mol. The minimum atomic E-state index is -0.259. The van der Waals surface area contributed by atoms with Crippen molar-refractivity contribution in [3.05, 3.63) is 40.4 Å². The lowest BCUT2D eigenvalue weighted by atomic mass is 9.81. The first-order valence-corrected chi connectivity index (χ1v) is 11.5. The van der Waals surface area contributed by atoms with Crippen LogP contribution in [0.3, 0.4) is 0 Å². The first kappa shape index (κ1) is 20.2. The van der Waals surface area contributed by atoms with Gasteiger partial charge in [0.1, 0.15) is 10.3 Å². The maximum atomic E-state index is 13.3. The van der Waals surface area contributed by atoms with Crippen molar-refractivity contribution in [3.63, 3.8) is 0 Å². The van der Waals surface area contributed by atoms with E-state index in [0.29, 0.717) is 41.0 Å². The maximum Gasteiger partial charge on any atom is 0.328 e. The quantitative estimate of drug-likeness (QED) is 0.573. The molecule has 1 N–H and O–H groups in total. The molecule has 4 heterocycles. The minimum absolute atomic E-state index is 0.0636. The molecule has 8 nitrogen and oxygen atoms in total. The Morgan fingerprint density at radius 1 is 1.23 bits per heavy atom. The van der Waals surface area contributed by atoms with Crippen molar-refractivity contribution in [3.8, 4) is 5.88 Å². The largest absolute Gasteiger partial charge is 0.481 e. The average molecular weight is 502 g/mol. The van der Waals surface area contributed by atoms with Crippen molar-refractivity contribution in [2.24, 2.45) is 0 Å². The summed E-state index contributed by atoms with van der Waals surface area (Å²) in [5.74, 6) is 0.569. The van der Waals surface area contributed by atoms with E-state index in [9.17, 15) is 9.59 Å². The van der Waals surface area contributed by atoms with Crippen LogP contribution < -0.4 is 15.0 Å². The number of benzene rings is 1. The van der Waals surface area contributed by atoms with Crippen LogP contribution in [0.1, 0.15) is 18.9 Å². The summed E-state index contributed by atoms with van der Waals surface area (Å²) in [5, 5.41) is 3.41. The molecule has 3 aromatic rings. The fraction of sp³-hybridized carbons (Fsp3) is 0.333. The second-order valence-electron chi connectivity index (χ2n) is 7.85. The molecule has 5 rings (SSSR count). The van der Waals surface area contributed by atoms with E-state index in [1.165, 1.54) is 11.3 Å². The fourth-order valence-corrected chi connectivity index (χ4v) is 5.62. The van der Waals surface area contributed by atoms with Crippen LogP contribution in [0.5, 0.6) is 5.88 Å². The first-order chi connectivity index (χ1) is 14.9. The highest BCUT2D eigenvalue weighted by atomic mass is 79.9. The van der Waals surface area contributed by atoms with E-state index < -0.39 is 0 Å². The van der Waals surface area contributed by atoms with Gasteiger partial charge in [0.2, 0.25) is 11.8 Å². The van der Waals surface area contributed by atoms with Crippen LogP contribution >= 0.6 is 27.3 Å². The molecule has 0 radical (unpaired) electrons. The van der Waals surface area contributed by atoms with Gasteiger partial charge in [0, 0.05) is 48.2 Å². The molecule has 1 fully saturated rings. The van der Waals surface area contributed by atoms with Gasteiger partial charge in [-0.1, -0.05) is 27.3 Å². The standard InChI is InChI=1S/C21H20BrN5O3S/c1-12(28)26-8-7-21(10-26)11-27(16-5-3-13(22)9-14(16)21)20(29)25-19-23-15-4-6-17(30-2)24-18(15)31-19/h3-6,9H,7-8,10-11H2,1-2H3,(H,23,25,29).